The van der Waals surface area contributed by atoms with Crippen molar-refractivity contribution in [3.05, 3.63) is 12.2 Å². The molecule has 0 unspecified atom stereocenters. The minimum atomic E-state index is -0.0519. The molecule has 0 bridgehead atoms. The molecule has 0 N–H and O–H groups in total. The Morgan fingerprint density at radius 3 is 2.06 bits per heavy atom. The third kappa shape index (κ3) is 13.3. The van der Waals surface area contributed by atoms with Gasteiger partial charge in [-0.05, 0) is 39.0 Å². The van der Waals surface area contributed by atoms with E-state index < -0.39 is 0 Å². The molecule has 18 heavy (non-hydrogen) atoms. The van der Waals surface area contributed by atoms with E-state index in [2.05, 4.69) is 19.1 Å². The monoisotopic (exact) mass is 254 g/mol. The van der Waals surface area contributed by atoms with Gasteiger partial charge in [0.1, 0.15) is 0 Å². The molecule has 0 heterocycles. The molecule has 0 aliphatic heterocycles. The molecule has 0 aliphatic rings. The highest BCUT2D eigenvalue weighted by molar-refractivity contribution is 5.69. The van der Waals surface area contributed by atoms with Crippen LogP contribution < -0.4 is 0 Å². The third-order valence-corrected chi connectivity index (χ3v) is 2.95. The molecule has 0 aromatic rings. The van der Waals surface area contributed by atoms with Gasteiger partial charge in [0.05, 0.1) is 6.61 Å². The maximum atomic E-state index is 11.1. The zero-order valence-electron chi connectivity index (χ0n) is 12.2. The first-order chi connectivity index (χ1) is 8.81. The van der Waals surface area contributed by atoms with Gasteiger partial charge in [0.2, 0.25) is 0 Å². The summed E-state index contributed by atoms with van der Waals surface area (Å²) in [5, 5.41) is 0. The Bertz CT molecular complexity index is 209. The van der Waals surface area contributed by atoms with E-state index in [1.165, 1.54) is 38.5 Å². The fourth-order valence-corrected chi connectivity index (χ4v) is 1.87. The van der Waals surface area contributed by atoms with Crippen LogP contribution in [-0.2, 0) is 9.53 Å². The SMILES string of the molecule is CCCCCCC=CCCCCCC(=O)OCC. The quantitative estimate of drug-likeness (QED) is 0.277. The first-order valence-corrected chi connectivity index (χ1v) is 7.61. The van der Waals surface area contributed by atoms with Gasteiger partial charge in [-0.3, -0.25) is 4.79 Å². The number of allylic oxidation sites excluding steroid dienone is 2. The van der Waals surface area contributed by atoms with E-state index in [0.29, 0.717) is 13.0 Å². The Morgan fingerprint density at radius 2 is 1.50 bits per heavy atom. The lowest BCUT2D eigenvalue weighted by Crippen LogP contribution is -2.02. The van der Waals surface area contributed by atoms with Gasteiger partial charge in [-0.15, -0.1) is 0 Å². The highest BCUT2D eigenvalue weighted by Crippen LogP contribution is 2.07. The van der Waals surface area contributed by atoms with E-state index in [1.54, 1.807) is 0 Å². The minimum Gasteiger partial charge on any atom is -0.466 e. The predicted octanol–water partition coefficient (Wildman–Crippen LogP) is 5.03. The van der Waals surface area contributed by atoms with Crippen LogP contribution in [0.5, 0.6) is 0 Å². The van der Waals surface area contributed by atoms with Crippen LogP contribution in [0.25, 0.3) is 0 Å². The zero-order chi connectivity index (χ0) is 13.5. The first-order valence-electron chi connectivity index (χ1n) is 7.61. The van der Waals surface area contributed by atoms with E-state index in [-0.39, 0.29) is 5.97 Å². The van der Waals surface area contributed by atoms with Crippen LogP contribution >= 0.6 is 0 Å². The lowest BCUT2D eigenvalue weighted by Gasteiger charge is -2.00. The maximum Gasteiger partial charge on any atom is 0.305 e. The van der Waals surface area contributed by atoms with Gasteiger partial charge in [0.25, 0.3) is 0 Å². The molecular formula is C16H30O2. The number of hydrogen-bond donors (Lipinski definition) is 0. The maximum absolute atomic E-state index is 11.1. The van der Waals surface area contributed by atoms with Crippen molar-refractivity contribution in [1.82, 2.24) is 0 Å². The van der Waals surface area contributed by atoms with E-state index in [1.807, 2.05) is 6.92 Å². The number of hydrogen-bond acceptors (Lipinski definition) is 2. The summed E-state index contributed by atoms with van der Waals surface area (Å²) in [6.07, 6.45) is 16.2. The number of unbranched alkanes of at least 4 members (excludes halogenated alkanes) is 7. The average molecular weight is 254 g/mol. The van der Waals surface area contributed by atoms with E-state index in [0.717, 1.165) is 19.3 Å². The van der Waals surface area contributed by atoms with Gasteiger partial charge in [0, 0.05) is 6.42 Å². The molecule has 2 heteroatoms. The van der Waals surface area contributed by atoms with Crippen LogP contribution in [0.2, 0.25) is 0 Å². The third-order valence-electron chi connectivity index (χ3n) is 2.95. The number of rotatable bonds is 12. The largest absolute Gasteiger partial charge is 0.466 e. The van der Waals surface area contributed by atoms with Crippen LogP contribution in [0.4, 0.5) is 0 Å². The van der Waals surface area contributed by atoms with Crippen LogP contribution in [0.1, 0.15) is 78.1 Å². The summed E-state index contributed by atoms with van der Waals surface area (Å²) in [6.45, 7) is 4.59. The lowest BCUT2D eigenvalue weighted by atomic mass is 10.1. The summed E-state index contributed by atoms with van der Waals surface area (Å²) in [6, 6.07) is 0. The Hall–Kier alpha value is -0.790. The number of carbonyl (C=O) groups is 1. The molecule has 106 valence electrons. The normalized spacial score (nSPS) is 11.0. The summed E-state index contributed by atoms with van der Waals surface area (Å²) in [4.78, 5) is 11.1. The molecule has 0 spiro atoms. The summed E-state index contributed by atoms with van der Waals surface area (Å²) >= 11 is 0. The Balaban J connectivity index is 3.15. The van der Waals surface area contributed by atoms with Crippen LogP contribution in [0.15, 0.2) is 12.2 Å². The minimum absolute atomic E-state index is 0.0519. The van der Waals surface area contributed by atoms with Crippen molar-refractivity contribution in [2.45, 2.75) is 78.1 Å². The van der Waals surface area contributed by atoms with E-state index in [4.69, 9.17) is 4.74 Å². The highest BCUT2D eigenvalue weighted by atomic mass is 16.5. The second-order valence-electron chi connectivity index (χ2n) is 4.73. The van der Waals surface area contributed by atoms with Crippen LogP contribution in [0.3, 0.4) is 0 Å². The summed E-state index contributed by atoms with van der Waals surface area (Å²) in [7, 11) is 0. The number of esters is 1. The number of ether oxygens (including phenoxy) is 1. The fraction of sp³-hybridized carbons (Fsp3) is 0.812. The zero-order valence-corrected chi connectivity index (χ0v) is 12.2. The predicted molar refractivity (Wildman–Crippen MR) is 77.6 cm³/mol. The van der Waals surface area contributed by atoms with E-state index in [9.17, 15) is 4.79 Å². The van der Waals surface area contributed by atoms with Gasteiger partial charge >= 0.3 is 5.97 Å². The molecule has 0 rings (SSSR count). The Labute approximate surface area is 113 Å². The molecule has 0 amide bonds. The summed E-state index contributed by atoms with van der Waals surface area (Å²) in [5.74, 6) is -0.0519. The van der Waals surface area contributed by atoms with Crippen molar-refractivity contribution in [1.29, 1.82) is 0 Å². The molecule has 0 radical (unpaired) electrons. The Morgan fingerprint density at radius 1 is 0.889 bits per heavy atom. The molecular weight excluding hydrogens is 224 g/mol. The smallest absolute Gasteiger partial charge is 0.305 e. The van der Waals surface area contributed by atoms with Crippen molar-refractivity contribution in [3.8, 4) is 0 Å². The lowest BCUT2D eigenvalue weighted by molar-refractivity contribution is -0.143. The standard InChI is InChI=1S/C16H30O2/c1-3-5-6-7-8-9-10-11-12-13-14-15-16(17)18-4-2/h9-10H,3-8,11-15H2,1-2H3. The first kappa shape index (κ1) is 17.2. The van der Waals surface area contributed by atoms with Crippen molar-refractivity contribution in [3.63, 3.8) is 0 Å². The van der Waals surface area contributed by atoms with Crippen LogP contribution in [-0.4, -0.2) is 12.6 Å². The molecule has 0 aromatic heterocycles. The van der Waals surface area contributed by atoms with Crippen molar-refractivity contribution < 1.29 is 9.53 Å². The highest BCUT2D eigenvalue weighted by Gasteiger charge is 1.99. The second kappa shape index (κ2) is 14.3. The van der Waals surface area contributed by atoms with Crippen molar-refractivity contribution >= 4 is 5.97 Å². The van der Waals surface area contributed by atoms with Crippen molar-refractivity contribution in [2.75, 3.05) is 6.61 Å². The molecule has 0 saturated heterocycles. The van der Waals surface area contributed by atoms with Gasteiger partial charge in [-0.25, -0.2) is 0 Å². The van der Waals surface area contributed by atoms with Gasteiger partial charge in [0.15, 0.2) is 0 Å². The fourth-order valence-electron chi connectivity index (χ4n) is 1.87. The summed E-state index contributed by atoms with van der Waals surface area (Å²) in [5.41, 5.74) is 0. The molecule has 0 aliphatic carbocycles. The molecule has 0 aromatic carbocycles. The van der Waals surface area contributed by atoms with Gasteiger partial charge in [-0.2, -0.15) is 0 Å². The topological polar surface area (TPSA) is 26.3 Å². The second-order valence-corrected chi connectivity index (χ2v) is 4.73. The van der Waals surface area contributed by atoms with Crippen molar-refractivity contribution in [2.24, 2.45) is 0 Å². The van der Waals surface area contributed by atoms with Gasteiger partial charge in [-0.1, -0.05) is 44.8 Å². The molecule has 0 fully saturated rings. The Kier molecular flexibility index (Phi) is 13.6. The number of carbonyl (C=O) groups excluding carboxylic acids is 1. The molecule has 0 saturated carbocycles. The molecule has 0 atom stereocenters. The molecule has 2 nitrogen and oxygen atoms in total. The average Bonchev–Trinajstić information content (AvgIpc) is 2.36. The summed E-state index contributed by atoms with van der Waals surface area (Å²) < 4.78 is 4.88. The van der Waals surface area contributed by atoms with Gasteiger partial charge < -0.3 is 4.74 Å². The van der Waals surface area contributed by atoms with E-state index >= 15 is 0 Å². The van der Waals surface area contributed by atoms with Crippen LogP contribution in [0, 0.1) is 0 Å².